The van der Waals surface area contributed by atoms with E-state index in [9.17, 15) is 0 Å². The van der Waals surface area contributed by atoms with Crippen molar-refractivity contribution < 1.29 is 0 Å². The summed E-state index contributed by atoms with van der Waals surface area (Å²) in [6.07, 6.45) is 0. The minimum absolute atomic E-state index is 0.420. The van der Waals surface area contributed by atoms with E-state index >= 15 is 0 Å². The third-order valence-electron chi connectivity index (χ3n) is 2.88. The van der Waals surface area contributed by atoms with Crippen molar-refractivity contribution in [2.24, 2.45) is 0 Å². The van der Waals surface area contributed by atoms with Gasteiger partial charge in [0.25, 0.3) is 0 Å². The van der Waals surface area contributed by atoms with Gasteiger partial charge in [-0.2, -0.15) is 5.26 Å². The molecule has 1 rings (SSSR count). The summed E-state index contributed by atoms with van der Waals surface area (Å²) in [7, 11) is 1.98. The largest absolute Gasteiger partial charge is 0.285 e. The fraction of sp³-hybridized carbons (Fsp3) is 0.500. The number of rotatable bonds is 5. The van der Waals surface area contributed by atoms with Gasteiger partial charge in [-0.15, -0.1) is 11.8 Å². The van der Waals surface area contributed by atoms with E-state index in [1.54, 1.807) is 0 Å². The predicted octanol–water partition coefficient (Wildman–Crippen LogP) is 3.53. The molecular weight excluding hydrogens is 228 g/mol. The molecule has 1 aromatic carbocycles. The molecule has 0 bridgehead atoms. The van der Waals surface area contributed by atoms with Crippen LogP contribution < -0.4 is 0 Å². The zero-order valence-electron chi connectivity index (χ0n) is 11.0. The van der Waals surface area contributed by atoms with Crippen LogP contribution in [0.2, 0.25) is 0 Å². The lowest BCUT2D eigenvalue weighted by molar-refractivity contribution is 0.203. The van der Waals surface area contributed by atoms with Crippen molar-refractivity contribution in [3.05, 3.63) is 29.8 Å². The Hall–Kier alpha value is -0.980. The standard InChI is InChI=1S/C14H20N2S/c1-5-17-13-8-6-12(7-9-13)10-16(4)14(2,3)11-15/h6-9H,5,10H2,1-4H3. The summed E-state index contributed by atoms with van der Waals surface area (Å²) < 4.78 is 0. The van der Waals surface area contributed by atoms with E-state index in [-0.39, 0.29) is 0 Å². The van der Waals surface area contributed by atoms with Crippen molar-refractivity contribution in [2.45, 2.75) is 37.8 Å². The van der Waals surface area contributed by atoms with Crippen LogP contribution in [0.4, 0.5) is 0 Å². The maximum atomic E-state index is 9.06. The van der Waals surface area contributed by atoms with Gasteiger partial charge in [0.05, 0.1) is 6.07 Å². The fourth-order valence-electron chi connectivity index (χ4n) is 1.41. The van der Waals surface area contributed by atoms with Crippen molar-refractivity contribution in [3.8, 4) is 6.07 Å². The molecule has 0 atom stereocenters. The Morgan fingerprint density at radius 2 is 1.88 bits per heavy atom. The van der Waals surface area contributed by atoms with E-state index < -0.39 is 5.54 Å². The highest BCUT2D eigenvalue weighted by molar-refractivity contribution is 7.99. The fourth-order valence-corrected chi connectivity index (χ4v) is 2.08. The molecule has 0 saturated carbocycles. The highest BCUT2D eigenvalue weighted by Gasteiger charge is 2.22. The van der Waals surface area contributed by atoms with Crippen molar-refractivity contribution in [2.75, 3.05) is 12.8 Å². The molecule has 0 spiro atoms. The first kappa shape index (κ1) is 14.1. The molecule has 0 aliphatic rings. The summed E-state index contributed by atoms with van der Waals surface area (Å²) in [6.45, 7) is 6.84. The molecule has 3 heteroatoms. The second-order valence-corrected chi connectivity index (χ2v) is 5.94. The van der Waals surface area contributed by atoms with Gasteiger partial charge >= 0.3 is 0 Å². The summed E-state index contributed by atoms with van der Waals surface area (Å²) in [4.78, 5) is 3.37. The van der Waals surface area contributed by atoms with Crippen LogP contribution in [0.1, 0.15) is 26.3 Å². The Balaban J connectivity index is 2.67. The molecule has 92 valence electrons. The van der Waals surface area contributed by atoms with Crippen molar-refractivity contribution in [1.29, 1.82) is 5.26 Å². The van der Waals surface area contributed by atoms with Gasteiger partial charge < -0.3 is 0 Å². The lowest BCUT2D eigenvalue weighted by Gasteiger charge is -2.28. The Morgan fingerprint density at radius 1 is 1.29 bits per heavy atom. The minimum atomic E-state index is -0.420. The van der Waals surface area contributed by atoms with Crippen LogP contribution in [0.3, 0.4) is 0 Å². The van der Waals surface area contributed by atoms with Crippen LogP contribution in [-0.2, 0) is 6.54 Å². The van der Waals surface area contributed by atoms with Crippen LogP contribution in [0, 0.1) is 11.3 Å². The molecule has 0 radical (unpaired) electrons. The van der Waals surface area contributed by atoms with Gasteiger partial charge in [-0.1, -0.05) is 19.1 Å². The lowest BCUT2D eigenvalue weighted by Crippen LogP contribution is -2.38. The van der Waals surface area contributed by atoms with Gasteiger partial charge in [-0.25, -0.2) is 0 Å². The Kier molecular flexibility index (Phi) is 5.04. The SMILES string of the molecule is CCSc1ccc(CN(C)C(C)(C)C#N)cc1. The third kappa shape index (κ3) is 4.07. The number of benzene rings is 1. The second kappa shape index (κ2) is 6.09. The molecule has 0 fully saturated rings. The normalized spacial score (nSPS) is 11.5. The predicted molar refractivity (Wildman–Crippen MR) is 74.0 cm³/mol. The topological polar surface area (TPSA) is 27.0 Å². The zero-order valence-corrected chi connectivity index (χ0v) is 11.8. The van der Waals surface area contributed by atoms with E-state index in [4.69, 9.17) is 5.26 Å². The van der Waals surface area contributed by atoms with E-state index in [0.29, 0.717) is 0 Å². The smallest absolute Gasteiger partial charge is 0.103 e. The molecule has 0 aliphatic carbocycles. The quantitative estimate of drug-likeness (QED) is 0.746. The molecule has 0 saturated heterocycles. The summed E-state index contributed by atoms with van der Waals surface area (Å²) in [5.74, 6) is 1.10. The monoisotopic (exact) mass is 248 g/mol. The summed E-state index contributed by atoms with van der Waals surface area (Å²) in [5, 5.41) is 9.06. The molecular formula is C14H20N2S. The van der Waals surface area contributed by atoms with Crippen molar-refractivity contribution >= 4 is 11.8 Å². The van der Waals surface area contributed by atoms with Crippen LogP contribution in [0.25, 0.3) is 0 Å². The van der Waals surface area contributed by atoms with E-state index in [1.165, 1.54) is 10.5 Å². The van der Waals surface area contributed by atoms with Gasteiger partial charge in [-0.05, 0) is 44.3 Å². The van der Waals surface area contributed by atoms with Crippen LogP contribution in [0.15, 0.2) is 29.2 Å². The maximum absolute atomic E-state index is 9.06. The first-order chi connectivity index (χ1) is 7.99. The number of thioether (sulfide) groups is 1. The molecule has 1 aromatic rings. The molecule has 0 aromatic heterocycles. The van der Waals surface area contributed by atoms with Crippen LogP contribution in [0.5, 0.6) is 0 Å². The van der Waals surface area contributed by atoms with Crippen molar-refractivity contribution in [3.63, 3.8) is 0 Å². The van der Waals surface area contributed by atoms with E-state index in [1.807, 2.05) is 32.7 Å². The molecule has 0 aliphatic heterocycles. The van der Waals surface area contributed by atoms with Crippen LogP contribution in [-0.4, -0.2) is 23.2 Å². The van der Waals surface area contributed by atoms with E-state index in [2.05, 4.69) is 42.2 Å². The Morgan fingerprint density at radius 3 is 2.35 bits per heavy atom. The number of hydrogen-bond donors (Lipinski definition) is 0. The molecule has 0 heterocycles. The van der Waals surface area contributed by atoms with Gasteiger partial charge in [0.1, 0.15) is 5.54 Å². The minimum Gasteiger partial charge on any atom is -0.285 e. The van der Waals surface area contributed by atoms with Crippen molar-refractivity contribution in [1.82, 2.24) is 4.90 Å². The van der Waals surface area contributed by atoms with Gasteiger partial charge in [0.2, 0.25) is 0 Å². The highest BCUT2D eigenvalue weighted by atomic mass is 32.2. The zero-order chi connectivity index (χ0) is 12.9. The van der Waals surface area contributed by atoms with Gasteiger partial charge in [0.15, 0.2) is 0 Å². The molecule has 0 amide bonds. The highest BCUT2D eigenvalue weighted by Crippen LogP contribution is 2.20. The molecule has 0 unspecified atom stereocenters. The molecule has 0 N–H and O–H groups in total. The third-order valence-corrected chi connectivity index (χ3v) is 3.78. The summed E-state index contributed by atoms with van der Waals surface area (Å²) in [6, 6.07) is 10.9. The van der Waals surface area contributed by atoms with E-state index in [0.717, 1.165) is 12.3 Å². The van der Waals surface area contributed by atoms with Gasteiger partial charge in [0, 0.05) is 11.4 Å². The average molecular weight is 248 g/mol. The van der Waals surface area contributed by atoms with Gasteiger partial charge in [-0.3, -0.25) is 4.90 Å². The molecule has 17 heavy (non-hydrogen) atoms. The lowest BCUT2D eigenvalue weighted by atomic mass is 10.1. The number of nitriles is 1. The molecule has 2 nitrogen and oxygen atoms in total. The summed E-state index contributed by atoms with van der Waals surface area (Å²) >= 11 is 1.85. The van der Waals surface area contributed by atoms with Crippen LogP contribution >= 0.6 is 11.8 Å². The average Bonchev–Trinajstić information content (AvgIpc) is 2.32. The summed E-state index contributed by atoms with van der Waals surface area (Å²) in [5.41, 5.74) is 0.827. The second-order valence-electron chi connectivity index (χ2n) is 4.60. The first-order valence-electron chi connectivity index (χ1n) is 5.84. The number of nitrogens with zero attached hydrogens (tertiary/aromatic N) is 2. The maximum Gasteiger partial charge on any atom is 0.103 e. The Labute approximate surface area is 109 Å². The number of hydrogen-bond acceptors (Lipinski definition) is 3. The first-order valence-corrected chi connectivity index (χ1v) is 6.82. The Bertz CT molecular complexity index is 390.